The lowest BCUT2D eigenvalue weighted by Crippen LogP contribution is -2.72. The van der Waals surface area contributed by atoms with Crippen LogP contribution in [0.1, 0.15) is 69.3 Å². The summed E-state index contributed by atoms with van der Waals surface area (Å²) >= 11 is 0. The van der Waals surface area contributed by atoms with Crippen molar-refractivity contribution in [2.45, 2.75) is 151 Å². The second kappa shape index (κ2) is 38.8. The number of azide groups is 2. The number of methoxy groups -OCH3 is 2. The standard InChI is InChI=1S/C85H88N6O18Si/c1-85(2,3)110(65-42-26-12-27-43-65,66-44-28-13-29-45-66)109-83-70(89-91-87)74(105-80(93)63-40-24-11-25-41-63)72(67(104-83)55-97-50-61-46-48-64(95-4)49-47-61)106-84-78(101-54-60-36-20-9-21-37-60)75(100-53-59-34-18-8-19-35-59)76(77(108-84)81(94)96-5)107-82-69(88-90-86)73(99-52-58-32-16-7-17-33-58)71(98-51-57-30-14-6-15-31-57)68(103-82)56-102-79(92)62-38-22-10-23-39-62/h6-49,67-78,82-84H,50-56H2,1-5H3/t67?,68?,69?,70?,71-,72-,73-,74-,75+,76+,77?,78?,82+,83+,84-/m1/s1. The van der Waals surface area contributed by atoms with E-state index in [-0.39, 0.29) is 50.8 Å². The molecule has 0 aromatic heterocycles. The Kier molecular flexibility index (Phi) is 27.9. The third-order valence-electron chi connectivity index (χ3n) is 19.3. The van der Waals surface area contributed by atoms with Crippen molar-refractivity contribution in [2.75, 3.05) is 27.4 Å². The van der Waals surface area contributed by atoms with Crippen LogP contribution in [0.4, 0.5) is 0 Å². The molecule has 9 aromatic rings. The number of rotatable bonds is 33. The summed E-state index contributed by atoms with van der Waals surface area (Å²) in [7, 11) is -0.974. The van der Waals surface area contributed by atoms with Crippen LogP contribution in [0.25, 0.3) is 20.9 Å². The number of carbonyl (C=O) groups excluding carboxylic acids is 3. The monoisotopic (exact) mass is 1510 g/mol. The van der Waals surface area contributed by atoms with Crippen molar-refractivity contribution in [3.05, 3.63) is 327 Å². The van der Waals surface area contributed by atoms with Gasteiger partial charge in [-0.05, 0) is 90.7 Å². The van der Waals surface area contributed by atoms with E-state index in [1.807, 2.05) is 194 Å². The molecule has 0 saturated carbocycles. The fourth-order valence-electron chi connectivity index (χ4n) is 13.9. The van der Waals surface area contributed by atoms with E-state index in [2.05, 4.69) is 40.8 Å². The van der Waals surface area contributed by atoms with E-state index in [0.29, 0.717) is 16.9 Å². The summed E-state index contributed by atoms with van der Waals surface area (Å²) in [6.07, 6.45) is -19.9. The van der Waals surface area contributed by atoms with Crippen LogP contribution in [0.2, 0.25) is 5.04 Å². The molecule has 0 amide bonds. The third-order valence-corrected chi connectivity index (χ3v) is 24.3. The molecule has 12 rings (SSSR count). The largest absolute Gasteiger partial charge is 0.497 e. The van der Waals surface area contributed by atoms with Gasteiger partial charge in [-0.25, -0.2) is 14.4 Å². The van der Waals surface area contributed by atoms with Crippen molar-refractivity contribution in [1.29, 1.82) is 0 Å². The Morgan fingerprint density at radius 1 is 0.418 bits per heavy atom. The zero-order chi connectivity index (χ0) is 76.7. The Balaban J connectivity index is 1.00. The summed E-state index contributed by atoms with van der Waals surface area (Å²) in [4.78, 5) is 51.3. The Labute approximate surface area is 639 Å². The molecule has 0 aliphatic carbocycles. The first-order valence-electron chi connectivity index (χ1n) is 36.3. The first-order valence-corrected chi connectivity index (χ1v) is 38.2. The number of nitrogens with zero attached hydrogens (tertiary/aromatic N) is 6. The van der Waals surface area contributed by atoms with Crippen LogP contribution in [0.3, 0.4) is 0 Å². The van der Waals surface area contributed by atoms with Crippen molar-refractivity contribution in [3.63, 3.8) is 0 Å². The lowest BCUT2D eigenvalue weighted by atomic mass is 9.94. The van der Waals surface area contributed by atoms with E-state index >= 15 is 9.59 Å². The number of hydrogen-bond donors (Lipinski definition) is 0. The van der Waals surface area contributed by atoms with Gasteiger partial charge < -0.3 is 70.7 Å². The molecule has 3 saturated heterocycles. The lowest BCUT2D eigenvalue weighted by molar-refractivity contribution is -0.370. The molecule has 0 bridgehead atoms. The molecule has 3 fully saturated rings. The van der Waals surface area contributed by atoms with E-state index in [4.69, 9.17) is 70.7 Å². The van der Waals surface area contributed by atoms with E-state index in [0.717, 1.165) is 34.2 Å². The van der Waals surface area contributed by atoms with Crippen molar-refractivity contribution >= 4 is 36.6 Å². The summed E-state index contributed by atoms with van der Waals surface area (Å²) in [6, 6.07) is 77.6. The van der Waals surface area contributed by atoms with Crippen LogP contribution in [-0.2, 0) is 104 Å². The summed E-state index contributed by atoms with van der Waals surface area (Å²) in [5.74, 6) is -1.92. The van der Waals surface area contributed by atoms with E-state index in [1.165, 1.54) is 0 Å². The van der Waals surface area contributed by atoms with Crippen molar-refractivity contribution in [2.24, 2.45) is 10.2 Å². The Morgan fingerprint density at radius 3 is 1.30 bits per heavy atom. The summed E-state index contributed by atoms with van der Waals surface area (Å²) in [5, 5.41) is 9.85. The number of benzene rings is 9. The molecule has 570 valence electrons. The van der Waals surface area contributed by atoms with Gasteiger partial charge in [0.15, 0.2) is 25.0 Å². The van der Waals surface area contributed by atoms with Crippen molar-refractivity contribution < 1.29 is 85.1 Å². The smallest absolute Gasteiger partial charge is 0.338 e. The Bertz CT molecular complexity index is 4410. The molecule has 0 spiro atoms. The van der Waals surface area contributed by atoms with Crippen molar-refractivity contribution in [3.8, 4) is 5.75 Å². The predicted molar refractivity (Wildman–Crippen MR) is 407 cm³/mol. The highest BCUT2D eigenvalue weighted by Crippen LogP contribution is 2.43. The topological polar surface area (TPSA) is 287 Å². The van der Waals surface area contributed by atoms with Gasteiger partial charge in [-0.15, -0.1) is 0 Å². The zero-order valence-electron chi connectivity index (χ0n) is 61.5. The summed E-state index contributed by atoms with van der Waals surface area (Å²) < 4.78 is 103. The molecule has 9 aromatic carbocycles. The van der Waals surface area contributed by atoms with Crippen LogP contribution < -0.4 is 15.1 Å². The number of esters is 3. The van der Waals surface area contributed by atoms with E-state index in [9.17, 15) is 15.9 Å². The maximum Gasteiger partial charge on any atom is 0.338 e. The van der Waals surface area contributed by atoms with Gasteiger partial charge >= 0.3 is 17.9 Å². The summed E-state index contributed by atoms with van der Waals surface area (Å²) in [6.45, 7) is 5.13. The fraction of sp³-hybridized carbons (Fsp3) is 0.329. The van der Waals surface area contributed by atoms with Crippen LogP contribution in [0.5, 0.6) is 5.75 Å². The molecule has 3 aliphatic rings. The molecule has 3 aliphatic heterocycles. The number of hydrogen-bond acceptors (Lipinski definition) is 20. The second-order valence-corrected chi connectivity index (χ2v) is 31.8. The highest BCUT2D eigenvalue weighted by molar-refractivity contribution is 6.99. The van der Waals surface area contributed by atoms with Crippen molar-refractivity contribution in [1.82, 2.24) is 0 Å². The van der Waals surface area contributed by atoms with Crippen LogP contribution >= 0.6 is 0 Å². The van der Waals surface area contributed by atoms with Crippen LogP contribution in [-0.4, -0.2) is 146 Å². The first-order chi connectivity index (χ1) is 53.7. The normalized spacial score (nSPS) is 24.0. The zero-order valence-corrected chi connectivity index (χ0v) is 62.5. The van der Waals surface area contributed by atoms with Gasteiger partial charge in [-0.1, -0.05) is 262 Å². The lowest BCUT2D eigenvalue weighted by Gasteiger charge is -2.52. The Hall–Kier alpha value is -10.4. The molecular formula is C85H88N6O18Si. The number of carbonyl (C=O) groups is 3. The quantitative estimate of drug-likeness (QED) is 0.00922. The maximum atomic E-state index is 15.3. The molecule has 110 heavy (non-hydrogen) atoms. The highest BCUT2D eigenvalue weighted by Gasteiger charge is 2.61. The highest BCUT2D eigenvalue weighted by atomic mass is 28.4. The van der Waals surface area contributed by atoms with Crippen LogP contribution in [0, 0.1) is 0 Å². The molecule has 0 radical (unpaired) electrons. The van der Waals surface area contributed by atoms with Crippen LogP contribution in [0.15, 0.2) is 277 Å². The average molecular weight is 1510 g/mol. The molecule has 0 N–H and O–H groups in total. The molecule has 15 atom stereocenters. The summed E-state index contributed by atoms with van der Waals surface area (Å²) in [5.41, 5.74) is 25.7. The number of ether oxygens (including phenoxy) is 14. The minimum Gasteiger partial charge on any atom is -0.497 e. The SMILES string of the molecule is COC(=O)C1O[C@@H](O[C@@H]2C(COCc3ccc(OC)cc3)O[C@@H](O[Si](c3ccccc3)(c3ccccc3)C(C)(C)C)C(N=[N+]=[N-])[C@H]2OC(=O)c2ccccc2)C(OCc2ccccc2)[C@@H](OCc2ccccc2)[C@@H]1O[C@@H]1OC(COC(=O)c2ccccc2)[C@@H](OCc2ccccc2)[C@H](OCc2ccccc2)C1N=[N+]=[N-]. The van der Waals surface area contributed by atoms with Gasteiger partial charge in [-0.3, -0.25) is 0 Å². The molecule has 25 heteroatoms. The fourth-order valence-corrected chi connectivity index (χ4v) is 18.5. The van der Waals surface area contributed by atoms with Gasteiger partial charge in [0, 0.05) is 9.82 Å². The second-order valence-electron chi connectivity index (χ2n) is 27.5. The van der Waals surface area contributed by atoms with E-state index in [1.54, 1.807) is 79.9 Å². The maximum absolute atomic E-state index is 15.3. The third kappa shape index (κ3) is 19.8. The minimum atomic E-state index is -3.71. The minimum absolute atomic E-state index is 0.00188. The van der Waals surface area contributed by atoms with Gasteiger partial charge in [0.05, 0.1) is 65.0 Å². The van der Waals surface area contributed by atoms with Gasteiger partial charge in [0.25, 0.3) is 8.32 Å². The predicted octanol–water partition coefficient (Wildman–Crippen LogP) is 13.7. The van der Waals surface area contributed by atoms with Gasteiger partial charge in [-0.2, -0.15) is 0 Å². The Morgan fingerprint density at radius 2 is 0.827 bits per heavy atom. The first kappa shape index (κ1) is 79.1. The molecule has 24 nitrogen and oxygen atoms in total. The molecule has 6 unspecified atom stereocenters. The molecular weight excluding hydrogens is 1420 g/mol. The van der Waals surface area contributed by atoms with Gasteiger partial charge in [0.1, 0.15) is 79.4 Å². The van der Waals surface area contributed by atoms with Gasteiger partial charge in [0.2, 0.25) is 0 Å². The molecule has 3 heterocycles. The van der Waals surface area contributed by atoms with E-state index < -0.39 is 130 Å². The average Bonchev–Trinajstić information content (AvgIpc) is 0.735.